The maximum Gasteiger partial charge on any atom is 0.306 e. The van der Waals surface area contributed by atoms with Crippen molar-refractivity contribution in [2.45, 2.75) is 57.1 Å². The van der Waals surface area contributed by atoms with Crippen molar-refractivity contribution in [1.29, 1.82) is 0 Å². The fraction of sp³-hybridized carbons (Fsp3) is 0.333. The van der Waals surface area contributed by atoms with Gasteiger partial charge in [0.1, 0.15) is 0 Å². The van der Waals surface area contributed by atoms with E-state index in [9.17, 15) is 18.0 Å². The Morgan fingerprint density at radius 1 is 1.03 bits per heavy atom. The lowest BCUT2D eigenvalue weighted by atomic mass is 10.1. The second kappa shape index (κ2) is 10.6. The van der Waals surface area contributed by atoms with E-state index in [1.54, 1.807) is 13.8 Å². The lowest BCUT2D eigenvalue weighted by molar-refractivity contribution is -0.153. The van der Waals surface area contributed by atoms with Crippen LogP contribution in [-0.2, 0) is 30.8 Å². The highest BCUT2D eigenvalue weighted by molar-refractivity contribution is 7.89. The number of anilines is 1. The number of aryl methyl sites for hydroxylation is 1. The first-order chi connectivity index (χ1) is 15.7. The van der Waals surface area contributed by atoms with Gasteiger partial charge >= 0.3 is 5.97 Å². The highest BCUT2D eigenvalue weighted by atomic mass is 32.2. The van der Waals surface area contributed by atoms with Gasteiger partial charge in [0, 0.05) is 35.2 Å². The lowest BCUT2D eigenvalue weighted by Crippen LogP contribution is -2.30. The molecule has 176 valence electrons. The van der Waals surface area contributed by atoms with Crippen molar-refractivity contribution in [1.82, 2.24) is 9.71 Å². The van der Waals surface area contributed by atoms with Crippen molar-refractivity contribution >= 4 is 38.5 Å². The van der Waals surface area contributed by atoms with Crippen LogP contribution in [0.1, 0.15) is 39.2 Å². The zero-order valence-electron chi connectivity index (χ0n) is 18.9. The number of nitrogens with one attached hydrogen (secondary N) is 3. The first-order valence-electron chi connectivity index (χ1n) is 10.8. The molecule has 8 nitrogen and oxygen atoms in total. The van der Waals surface area contributed by atoms with E-state index in [4.69, 9.17) is 4.74 Å². The number of hydrogen-bond acceptors (Lipinski definition) is 5. The van der Waals surface area contributed by atoms with Crippen molar-refractivity contribution in [2.24, 2.45) is 0 Å². The molecule has 33 heavy (non-hydrogen) atoms. The minimum absolute atomic E-state index is 0.101. The Morgan fingerprint density at radius 3 is 2.42 bits per heavy atom. The number of aromatic amines is 1. The van der Waals surface area contributed by atoms with E-state index >= 15 is 0 Å². The molecule has 0 fully saturated rings. The molecule has 3 N–H and O–H groups in total. The fourth-order valence-electron chi connectivity index (χ4n) is 3.41. The van der Waals surface area contributed by atoms with Gasteiger partial charge in [-0.3, -0.25) is 9.59 Å². The summed E-state index contributed by atoms with van der Waals surface area (Å²) < 4.78 is 32.1. The maximum atomic E-state index is 12.4. The number of carbonyl (C=O) groups is 2. The molecule has 0 radical (unpaired) electrons. The van der Waals surface area contributed by atoms with Gasteiger partial charge in [-0.2, -0.15) is 0 Å². The Morgan fingerprint density at radius 2 is 1.73 bits per heavy atom. The summed E-state index contributed by atoms with van der Waals surface area (Å²) in [4.78, 5) is 27.8. The number of esters is 1. The third-order valence-electron chi connectivity index (χ3n) is 5.00. The molecule has 1 amide bonds. The highest BCUT2D eigenvalue weighted by Crippen LogP contribution is 2.20. The summed E-state index contributed by atoms with van der Waals surface area (Å²) in [6.07, 6.45) is 2.50. The topological polar surface area (TPSA) is 117 Å². The van der Waals surface area contributed by atoms with Crippen LogP contribution < -0.4 is 10.0 Å². The molecule has 2 aromatic carbocycles. The molecule has 3 rings (SSSR count). The molecule has 0 bridgehead atoms. The monoisotopic (exact) mass is 471 g/mol. The van der Waals surface area contributed by atoms with Crippen LogP contribution in [0.4, 0.5) is 5.69 Å². The molecule has 3 aromatic rings. The SMILES string of the molecule is CC(C)NS(=O)(=O)c1ccc(NC(=O)C(C)OC(=O)CCCc2c[nH]c3ccccc23)cc1. The first-order valence-corrected chi connectivity index (χ1v) is 12.3. The van der Waals surface area contributed by atoms with Crippen molar-refractivity contribution in [3.63, 3.8) is 0 Å². The zero-order chi connectivity index (χ0) is 24.0. The molecule has 1 heterocycles. The summed E-state index contributed by atoms with van der Waals surface area (Å²) in [7, 11) is -3.61. The lowest BCUT2D eigenvalue weighted by Gasteiger charge is -2.14. The van der Waals surface area contributed by atoms with Gasteiger partial charge in [-0.1, -0.05) is 18.2 Å². The number of benzene rings is 2. The maximum absolute atomic E-state index is 12.4. The predicted molar refractivity (Wildman–Crippen MR) is 127 cm³/mol. The normalized spacial score (nSPS) is 12.6. The third-order valence-corrected chi connectivity index (χ3v) is 6.68. The molecule has 0 saturated heterocycles. The number of aromatic nitrogens is 1. The van der Waals surface area contributed by atoms with Crippen LogP contribution in [0.2, 0.25) is 0 Å². The Labute approximate surface area is 193 Å². The van der Waals surface area contributed by atoms with Crippen LogP contribution in [0.25, 0.3) is 10.9 Å². The van der Waals surface area contributed by atoms with Gasteiger partial charge in [0.25, 0.3) is 5.91 Å². The van der Waals surface area contributed by atoms with E-state index in [1.165, 1.54) is 31.2 Å². The van der Waals surface area contributed by atoms with Crippen LogP contribution >= 0.6 is 0 Å². The Balaban J connectivity index is 1.46. The molecule has 9 heteroatoms. The summed E-state index contributed by atoms with van der Waals surface area (Å²) in [6.45, 7) is 4.96. The molecule has 0 aliphatic carbocycles. The first kappa shape index (κ1) is 24.5. The average molecular weight is 472 g/mol. The van der Waals surface area contributed by atoms with E-state index in [0.29, 0.717) is 12.1 Å². The van der Waals surface area contributed by atoms with E-state index in [1.807, 2.05) is 30.5 Å². The summed E-state index contributed by atoms with van der Waals surface area (Å²) >= 11 is 0. The number of H-pyrrole nitrogens is 1. The Bertz CT molecular complexity index is 1220. The van der Waals surface area contributed by atoms with Crippen molar-refractivity contribution < 1.29 is 22.7 Å². The van der Waals surface area contributed by atoms with E-state index in [-0.39, 0.29) is 17.4 Å². The second-order valence-corrected chi connectivity index (χ2v) is 9.85. The standard InChI is InChI=1S/C24H29N3O5S/c1-16(2)27-33(30,31)20-13-11-19(12-14-20)26-24(29)17(3)32-23(28)10-6-7-18-15-25-22-9-5-4-8-21(18)22/h4-5,8-9,11-17,25,27H,6-7,10H2,1-3H3,(H,26,29). The molecule has 0 saturated carbocycles. The molecule has 1 unspecified atom stereocenters. The van der Waals surface area contributed by atoms with E-state index in [2.05, 4.69) is 15.0 Å². The van der Waals surface area contributed by atoms with Crippen LogP contribution in [0.3, 0.4) is 0 Å². The summed E-state index contributed by atoms with van der Waals surface area (Å²) in [6, 6.07) is 13.5. The highest BCUT2D eigenvalue weighted by Gasteiger charge is 2.19. The van der Waals surface area contributed by atoms with Crippen molar-refractivity contribution in [3.05, 3.63) is 60.3 Å². The van der Waals surface area contributed by atoms with Gasteiger partial charge in [0.2, 0.25) is 10.0 Å². The number of sulfonamides is 1. The number of amides is 1. The van der Waals surface area contributed by atoms with Crippen molar-refractivity contribution in [3.8, 4) is 0 Å². The van der Waals surface area contributed by atoms with Gasteiger partial charge in [-0.15, -0.1) is 0 Å². The Kier molecular flexibility index (Phi) is 7.88. The molecule has 1 aromatic heterocycles. The van der Waals surface area contributed by atoms with Crippen molar-refractivity contribution in [2.75, 3.05) is 5.32 Å². The third kappa shape index (κ3) is 6.66. The number of para-hydroxylation sites is 1. The number of hydrogen-bond donors (Lipinski definition) is 3. The van der Waals surface area contributed by atoms with Crippen LogP contribution in [0, 0.1) is 0 Å². The Hall–Kier alpha value is -3.17. The molecule has 0 aliphatic rings. The second-order valence-electron chi connectivity index (χ2n) is 8.13. The number of fused-ring (bicyclic) bond motifs is 1. The van der Waals surface area contributed by atoms with Crippen LogP contribution in [0.5, 0.6) is 0 Å². The zero-order valence-corrected chi connectivity index (χ0v) is 19.7. The van der Waals surface area contributed by atoms with E-state index < -0.39 is 28.0 Å². The molecular formula is C24H29N3O5S. The molecule has 0 aliphatic heterocycles. The quantitative estimate of drug-likeness (QED) is 0.389. The van der Waals surface area contributed by atoms with Gasteiger partial charge in [-0.05, 0) is 69.5 Å². The largest absolute Gasteiger partial charge is 0.453 e. The van der Waals surface area contributed by atoms with Gasteiger partial charge in [0.05, 0.1) is 4.90 Å². The average Bonchev–Trinajstić information content (AvgIpc) is 3.16. The van der Waals surface area contributed by atoms with E-state index in [0.717, 1.165) is 22.9 Å². The molecule has 0 spiro atoms. The fourth-order valence-corrected chi connectivity index (χ4v) is 4.66. The summed E-state index contributed by atoms with van der Waals surface area (Å²) in [5.74, 6) is -0.936. The van der Waals surface area contributed by atoms with Crippen LogP contribution in [-0.4, -0.2) is 37.4 Å². The summed E-state index contributed by atoms with van der Waals surface area (Å²) in [5.41, 5.74) is 2.60. The number of rotatable bonds is 10. The number of carbonyl (C=O) groups excluding carboxylic acids is 2. The summed E-state index contributed by atoms with van der Waals surface area (Å²) in [5, 5.41) is 3.77. The van der Waals surface area contributed by atoms with Gasteiger partial charge in [-0.25, -0.2) is 13.1 Å². The number of ether oxygens (including phenoxy) is 1. The molecular weight excluding hydrogens is 442 g/mol. The predicted octanol–water partition coefficient (Wildman–Crippen LogP) is 3.75. The van der Waals surface area contributed by atoms with Crippen LogP contribution in [0.15, 0.2) is 59.6 Å². The van der Waals surface area contributed by atoms with Gasteiger partial charge in [0.15, 0.2) is 6.10 Å². The minimum atomic E-state index is -3.61. The minimum Gasteiger partial charge on any atom is -0.453 e. The molecule has 1 atom stereocenters. The smallest absolute Gasteiger partial charge is 0.306 e. The van der Waals surface area contributed by atoms with Gasteiger partial charge < -0.3 is 15.0 Å².